The van der Waals surface area contributed by atoms with E-state index in [4.69, 9.17) is 15.0 Å². The van der Waals surface area contributed by atoms with E-state index in [1.54, 1.807) is 13.0 Å². The van der Waals surface area contributed by atoms with Crippen LogP contribution in [0.5, 0.6) is 0 Å². The van der Waals surface area contributed by atoms with Crippen LogP contribution in [0, 0.1) is 0 Å². The highest BCUT2D eigenvalue weighted by Crippen LogP contribution is 2.22. The minimum absolute atomic E-state index is 0.0806. The van der Waals surface area contributed by atoms with E-state index in [9.17, 15) is 4.79 Å². The van der Waals surface area contributed by atoms with E-state index in [2.05, 4.69) is 5.16 Å². The number of ether oxygens (including phenoxy) is 1. The number of nitrogens with two attached hydrogens (primary N) is 1. The number of rotatable bonds is 5. The molecule has 100 valence electrons. The smallest absolute Gasteiger partial charge is 0.307 e. The highest BCUT2D eigenvalue weighted by molar-refractivity contribution is 5.70. The van der Waals surface area contributed by atoms with Gasteiger partial charge in [-0.15, -0.1) is 0 Å². The van der Waals surface area contributed by atoms with Gasteiger partial charge in [-0.05, 0) is 6.92 Å². The Hall–Kier alpha value is -2.14. The van der Waals surface area contributed by atoms with Crippen LogP contribution in [-0.2, 0) is 9.53 Å². The average Bonchev–Trinajstić information content (AvgIpc) is 2.89. The maximum atomic E-state index is 11.3. The molecule has 19 heavy (non-hydrogen) atoms. The van der Waals surface area contributed by atoms with E-state index in [1.807, 2.05) is 30.3 Å². The maximum Gasteiger partial charge on any atom is 0.307 e. The van der Waals surface area contributed by atoms with E-state index < -0.39 is 6.04 Å². The van der Waals surface area contributed by atoms with E-state index in [-0.39, 0.29) is 12.4 Å². The molecule has 0 bridgehead atoms. The molecular weight excluding hydrogens is 244 g/mol. The number of benzene rings is 1. The lowest BCUT2D eigenvalue weighted by Crippen LogP contribution is -2.16. The predicted molar refractivity (Wildman–Crippen MR) is 70.1 cm³/mol. The SMILES string of the molecule is CCOC(=O)CC(N)c1cc(-c2ccccc2)no1. The Morgan fingerprint density at radius 2 is 2.16 bits per heavy atom. The van der Waals surface area contributed by atoms with Gasteiger partial charge in [0, 0.05) is 11.6 Å². The van der Waals surface area contributed by atoms with Crippen molar-refractivity contribution in [2.75, 3.05) is 6.61 Å². The molecule has 1 atom stereocenters. The molecule has 0 saturated carbocycles. The van der Waals surface area contributed by atoms with Crippen molar-refractivity contribution in [3.8, 4) is 11.3 Å². The summed E-state index contributed by atoms with van der Waals surface area (Å²) in [6.45, 7) is 2.10. The van der Waals surface area contributed by atoms with Gasteiger partial charge in [0.2, 0.25) is 0 Å². The summed E-state index contributed by atoms with van der Waals surface area (Å²) in [4.78, 5) is 11.3. The lowest BCUT2D eigenvalue weighted by atomic mass is 10.1. The third-order valence-electron chi connectivity index (χ3n) is 2.66. The van der Waals surface area contributed by atoms with Crippen LogP contribution in [0.2, 0.25) is 0 Å². The van der Waals surface area contributed by atoms with Crippen LogP contribution in [0.1, 0.15) is 25.1 Å². The van der Waals surface area contributed by atoms with E-state index >= 15 is 0 Å². The van der Waals surface area contributed by atoms with Gasteiger partial charge in [0.05, 0.1) is 19.1 Å². The first kappa shape index (κ1) is 13.3. The molecule has 0 radical (unpaired) electrons. The number of carbonyl (C=O) groups excluding carboxylic acids is 1. The van der Waals surface area contributed by atoms with Crippen LogP contribution >= 0.6 is 0 Å². The van der Waals surface area contributed by atoms with Crippen LogP contribution in [0.25, 0.3) is 11.3 Å². The normalized spacial score (nSPS) is 12.1. The monoisotopic (exact) mass is 260 g/mol. The molecule has 0 aliphatic rings. The summed E-state index contributed by atoms with van der Waals surface area (Å²) >= 11 is 0. The van der Waals surface area contributed by atoms with Crippen LogP contribution in [0.4, 0.5) is 0 Å². The summed E-state index contributed by atoms with van der Waals surface area (Å²) in [5.74, 6) is 0.138. The Kier molecular flexibility index (Phi) is 4.30. The predicted octanol–water partition coefficient (Wildman–Crippen LogP) is 2.29. The zero-order chi connectivity index (χ0) is 13.7. The van der Waals surface area contributed by atoms with Gasteiger partial charge >= 0.3 is 5.97 Å². The third-order valence-corrected chi connectivity index (χ3v) is 2.66. The zero-order valence-electron chi connectivity index (χ0n) is 10.7. The number of carbonyl (C=O) groups is 1. The van der Waals surface area contributed by atoms with Gasteiger partial charge in [-0.2, -0.15) is 0 Å². The molecule has 2 rings (SSSR count). The van der Waals surface area contributed by atoms with Gasteiger partial charge in [-0.3, -0.25) is 4.79 Å². The quantitative estimate of drug-likeness (QED) is 0.834. The molecule has 0 aliphatic carbocycles. The molecular formula is C14H16N2O3. The lowest BCUT2D eigenvalue weighted by Gasteiger charge is -2.06. The summed E-state index contributed by atoms with van der Waals surface area (Å²) in [6, 6.07) is 10.8. The van der Waals surface area contributed by atoms with Crippen molar-refractivity contribution >= 4 is 5.97 Å². The van der Waals surface area contributed by atoms with Gasteiger partial charge in [0.25, 0.3) is 0 Å². The van der Waals surface area contributed by atoms with E-state index in [0.717, 1.165) is 5.56 Å². The van der Waals surface area contributed by atoms with Gasteiger partial charge in [-0.25, -0.2) is 0 Å². The summed E-state index contributed by atoms with van der Waals surface area (Å²) in [6.07, 6.45) is 0.0806. The Labute approximate surface area is 111 Å². The lowest BCUT2D eigenvalue weighted by molar-refractivity contribution is -0.143. The number of hydrogen-bond acceptors (Lipinski definition) is 5. The maximum absolute atomic E-state index is 11.3. The van der Waals surface area contributed by atoms with Crippen molar-refractivity contribution in [2.24, 2.45) is 5.73 Å². The number of nitrogens with zero attached hydrogens (tertiary/aromatic N) is 1. The highest BCUT2D eigenvalue weighted by Gasteiger charge is 2.17. The average molecular weight is 260 g/mol. The minimum atomic E-state index is -0.538. The second-order valence-corrected chi connectivity index (χ2v) is 4.10. The van der Waals surface area contributed by atoms with Crippen molar-refractivity contribution in [1.29, 1.82) is 0 Å². The van der Waals surface area contributed by atoms with Gasteiger partial charge < -0.3 is 15.0 Å². The van der Waals surface area contributed by atoms with Crippen molar-refractivity contribution in [3.05, 3.63) is 42.2 Å². The molecule has 1 heterocycles. The Bertz CT molecular complexity index is 537. The van der Waals surface area contributed by atoms with Crippen LogP contribution in [0.3, 0.4) is 0 Å². The Balaban J connectivity index is 2.07. The largest absolute Gasteiger partial charge is 0.466 e. The van der Waals surface area contributed by atoms with Crippen LogP contribution < -0.4 is 5.73 Å². The molecule has 2 N–H and O–H groups in total. The van der Waals surface area contributed by atoms with Gasteiger partial charge in [0.1, 0.15) is 5.69 Å². The molecule has 5 heteroatoms. The molecule has 5 nitrogen and oxygen atoms in total. The number of hydrogen-bond donors (Lipinski definition) is 1. The van der Waals surface area contributed by atoms with Gasteiger partial charge in [-0.1, -0.05) is 35.5 Å². The number of aromatic nitrogens is 1. The van der Waals surface area contributed by atoms with Crippen molar-refractivity contribution in [2.45, 2.75) is 19.4 Å². The molecule has 2 aromatic rings. The summed E-state index contributed by atoms with van der Waals surface area (Å²) < 4.78 is 10.0. The fourth-order valence-corrected chi connectivity index (χ4v) is 1.71. The topological polar surface area (TPSA) is 78.4 Å². The molecule has 1 unspecified atom stereocenters. The molecule has 0 saturated heterocycles. The second kappa shape index (κ2) is 6.15. The van der Waals surface area contributed by atoms with Crippen molar-refractivity contribution < 1.29 is 14.1 Å². The Morgan fingerprint density at radius 3 is 2.84 bits per heavy atom. The van der Waals surface area contributed by atoms with E-state index in [0.29, 0.717) is 18.1 Å². The third kappa shape index (κ3) is 3.42. The molecule has 0 aliphatic heterocycles. The highest BCUT2D eigenvalue weighted by atomic mass is 16.5. The first-order valence-corrected chi connectivity index (χ1v) is 6.14. The first-order chi connectivity index (χ1) is 9.20. The molecule has 0 fully saturated rings. The second-order valence-electron chi connectivity index (χ2n) is 4.10. The van der Waals surface area contributed by atoms with Gasteiger partial charge in [0.15, 0.2) is 5.76 Å². The van der Waals surface area contributed by atoms with Crippen molar-refractivity contribution in [1.82, 2.24) is 5.16 Å². The zero-order valence-corrected chi connectivity index (χ0v) is 10.7. The van der Waals surface area contributed by atoms with Crippen molar-refractivity contribution in [3.63, 3.8) is 0 Å². The van der Waals surface area contributed by atoms with E-state index in [1.165, 1.54) is 0 Å². The molecule has 1 aromatic heterocycles. The molecule has 0 spiro atoms. The summed E-state index contributed by atoms with van der Waals surface area (Å²) in [5.41, 5.74) is 7.53. The minimum Gasteiger partial charge on any atom is -0.466 e. The standard InChI is InChI=1S/C14H16N2O3/c1-2-18-14(17)8-11(15)13-9-12(16-19-13)10-6-4-3-5-7-10/h3-7,9,11H,2,8,15H2,1H3. The summed E-state index contributed by atoms with van der Waals surface area (Å²) in [7, 11) is 0. The molecule has 1 aromatic carbocycles. The Morgan fingerprint density at radius 1 is 1.42 bits per heavy atom. The fraction of sp³-hybridized carbons (Fsp3) is 0.286. The first-order valence-electron chi connectivity index (χ1n) is 6.14. The molecule has 0 amide bonds. The van der Waals surface area contributed by atoms with Crippen LogP contribution in [-0.4, -0.2) is 17.7 Å². The fourth-order valence-electron chi connectivity index (χ4n) is 1.71. The number of esters is 1. The van der Waals surface area contributed by atoms with Crippen LogP contribution in [0.15, 0.2) is 40.9 Å². The summed E-state index contributed by atoms with van der Waals surface area (Å²) in [5, 5.41) is 3.95.